The van der Waals surface area contributed by atoms with Gasteiger partial charge in [-0.25, -0.2) is 4.79 Å². The van der Waals surface area contributed by atoms with Crippen molar-refractivity contribution < 1.29 is 14.3 Å². The predicted molar refractivity (Wildman–Crippen MR) is 110 cm³/mol. The third-order valence-corrected chi connectivity index (χ3v) is 4.36. The molecule has 1 aliphatic heterocycles. The Hall–Kier alpha value is -3.13. The van der Waals surface area contributed by atoms with Gasteiger partial charge < -0.3 is 20.1 Å². The largest absolute Gasteiger partial charge is 0.483 e. The zero-order valence-electron chi connectivity index (χ0n) is 16.4. The first-order valence-corrected chi connectivity index (χ1v) is 9.48. The summed E-state index contributed by atoms with van der Waals surface area (Å²) < 4.78 is 11.7. The van der Waals surface area contributed by atoms with Gasteiger partial charge in [-0.2, -0.15) is 0 Å². The van der Waals surface area contributed by atoms with Crippen LogP contribution in [-0.2, 0) is 12.8 Å². The molecule has 0 saturated carbocycles. The maximum Gasteiger partial charge on any atom is 0.315 e. The van der Waals surface area contributed by atoms with Crippen LogP contribution < -0.4 is 20.1 Å². The monoisotopic (exact) mass is 378 g/mol. The fourth-order valence-electron chi connectivity index (χ4n) is 3.08. The first kappa shape index (κ1) is 19.6. The average molecular weight is 378 g/mol. The van der Waals surface area contributed by atoms with E-state index < -0.39 is 0 Å². The molecule has 3 rings (SSSR count). The first-order valence-electron chi connectivity index (χ1n) is 9.48. The van der Waals surface area contributed by atoms with E-state index in [-0.39, 0.29) is 24.8 Å². The van der Waals surface area contributed by atoms with Crippen LogP contribution in [0.4, 0.5) is 4.79 Å². The quantitative estimate of drug-likeness (QED) is 0.758. The Kier molecular flexibility index (Phi) is 6.44. The molecule has 0 unspecified atom stereocenters. The zero-order valence-corrected chi connectivity index (χ0v) is 16.4. The molecule has 2 aromatic carbocycles. The van der Waals surface area contributed by atoms with E-state index in [1.165, 1.54) is 5.56 Å². The van der Waals surface area contributed by atoms with E-state index in [0.717, 1.165) is 24.2 Å². The lowest BCUT2D eigenvalue weighted by atomic mass is 10.0. The van der Waals surface area contributed by atoms with E-state index >= 15 is 0 Å². The lowest BCUT2D eigenvalue weighted by molar-refractivity contribution is 0.133. The maximum absolute atomic E-state index is 11.7. The molecule has 0 bridgehead atoms. The summed E-state index contributed by atoms with van der Waals surface area (Å²) in [5.74, 6) is 7.33. The summed E-state index contributed by atoms with van der Waals surface area (Å²) in [5, 5.41) is 5.53. The van der Waals surface area contributed by atoms with E-state index in [9.17, 15) is 4.79 Å². The molecule has 0 spiro atoms. The first-order chi connectivity index (χ1) is 13.5. The smallest absolute Gasteiger partial charge is 0.315 e. The molecule has 2 aromatic rings. The molecule has 2 N–H and O–H groups in total. The van der Waals surface area contributed by atoms with E-state index in [2.05, 4.69) is 42.4 Å². The van der Waals surface area contributed by atoms with E-state index in [4.69, 9.17) is 9.47 Å². The van der Waals surface area contributed by atoms with Gasteiger partial charge in [-0.3, -0.25) is 0 Å². The zero-order chi connectivity index (χ0) is 19.8. The number of rotatable bonds is 6. The number of carbonyl (C=O) groups excluding carboxylic acids is 1. The van der Waals surface area contributed by atoms with Crippen LogP contribution in [0.25, 0.3) is 0 Å². The standard InChI is InChI=1S/C23H26N2O3/c1-23(2)17-19-11-8-12-20(21(19)28-23)27-16-7-6-14-24-22(26)25-15-13-18-9-4-3-5-10-18/h3-5,8-12H,13-17H2,1-2H3,(H2,24,25,26). The summed E-state index contributed by atoms with van der Waals surface area (Å²) in [6.07, 6.45) is 1.67. The van der Waals surface area contributed by atoms with Crippen LogP contribution in [0.15, 0.2) is 48.5 Å². The number of hydrogen-bond acceptors (Lipinski definition) is 3. The van der Waals surface area contributed by atoms with Crippen LogP contribution in [0.5, 0.6) is 11.5 Å². The second-order valence-electron chi connectivity index (χ2n) is 7.27. The van der Waals surface area contributed by atoms with Crippen molar-refractivity contribution in [1.82, 2.24) is 10.6 Å². The van der Waals surface area contributed by atoms with Gasteiger partial charge in [0.15, 0.2) is 11.5 Å². The molecule has 0 saturated heterocycles. The molecule has 0 fully saturated rings. The van der Waals surface area contributed by atoms with E-state index in [1.807, 2.05) is 42.5 Å². The van der Waals surface area contributed by atoms with Crippen LogP contribution in [-0.4, -0.2) is 31.3 Å². The summed E-state index contributed by atoms with van der Waals surface area (Å²) in [5.41, 5.74) is 2.15. The molecule has 0 aromatic heterocycles. The predicted octanol–water partition coefficient (Wildman–Crippen LogP) is 3.32. The van der Waals surface area contributed by atoms with Gasteiger partial charge in [0.25, 0.3) is 0 Å². The second-order valence-corrected chi connectivity index (χ2v) is 7.27. The highest BCUT2D eigenvalue weighted by molar-refractivity contribution is 5.74. The minimum atomic E-state index is -0.220. The Bertz CT molecular complexity index is 866. The molecule has 0 radical (unpaired) electrons. The Morgan fingerprint density at radius 2 is 1.93 bits per heavy atom. The number of benzene rings is 2. The van der Waals surface area contributed by atoms with Gasteiger partial charge >= 0.3 is 6.03 Å². The summed E-state index contributed by atoms with van der Waals surface area (Å²) in [4.78, 5) is 11.7. The maximum atomic E-state index is 11.7. The van der Waals surface area contributed by atoms with Gasteiger partial charge in [-0.1, -0.05) is 54.3 Å². The molecule has 1 aliphatic rings. The van der Waals surface area contributed by atoms with Gasteiger partial charge in [0, 0.05) is 18.5 Å². The normalized spacial score (nSPS) is 13.5. The van der Waals surface area contributed by atoms with Crippen molar-refractivity contribution in [3.63, 3.8) is 0 Å². The number of para-hydroxylation sites is 1. The Balaban J connectivity index is 1.34. The summed E-state index contributed by atoms with van der Waals surface area (Å²) >= 11 is 0. The van der Waals surface area contributed by atoms with Crippen molar-refractivity contribution in [2.75, 3.05) is 19.7 Å². The molecule has 1 heterocycles. The summed E-state index contributed by atoms with van der Waals surface area (Å²) in [6, 6.07) is 15.7. The molecular formula is C23H26N2O3. The average Bonchev–Trinajstić information content (AvgIpc) is 3.00. The van der Waals surface area contributed by atoms with Crippen LogP contribution in [0, 0.1) is 11.8 Å². The molecule has 5 heteroatoms. The second kappa shape index (κ2) is 9.18. The lowest BCUT2D eigenvalue weighted by Crippen LogP contribution is -2.36. The number of carbonyl (C=O) groups is 1. The minimum absolute atomic E-state index is 0.203. The van der Waals surface area contributed by atoms with Crippen LogP contribution in [0.3, 0.4) is 0 Å². The Labute approximate surface area is 166 Å². The number of hydrogen-bond donors (Lipinski definition) is 2. The van der Waals surface area contributed by atoms with Crippen molar-refractivity contribution in [2.45, 2.75) is 32.3 Å². The highest BCUT2D eigenvalue weighted by Gasteiger charge is 2.32. The molecule has 0 aliphatic carbocycles. The third kappa shape index (κ3) is 5.68. The number of amides is 2. The molecular weight excluding hydrogens is 352 g/mol. The SMILES string of the molecule is CC1(C)Cc2cccc(OCC#CCNC(=O)NCCc3ccccc3)c2O1. The van der Waals surface area contributed by atoms with Crippen molar-refractivity contribution in [1.29, 1.82) is 0 Å². The highest BCUT2D eigenvalue weighted by Crippen LogP contribution is 2.41. The van der Waals surface area contributed by atoms with Crippen molar-refractivity contribution in [3.8, 4) is 23.3 Å². The van der Waals surface area contributed by atoms with Crippen LogP contribution >= 0.6 is 0 Å². The van der Waals surface area contributed by atoms with Gasteiger partial charge in [0.05, 0.1) is 6.54 Å². The Morgan fingerprint density at radius 3 is 2.75 bits per heavy atom. The fourth-order valence-corrected chi connectivity index (χ4v) is 3.08. The number of nitrogens with one attached hydrogen (secondary N) is 2. The summed E-state index contributed by atoms with van der Waals surface area (Å²) in [7, 11) is 0. The van der Waals surface area contributed by atoms with Gasteiger partial charge in [0.1, 0.15) is 12.2 Å². The third-order valence-electron chi connectivity index (χ3n) is 4.36. The lowest BCUT2D eigenvalue weighted by Gasteiger charge is -2.17. The van der Waals surface area contributed by atoms with Crippen molar-refractivity contribution in [2.24, 2.45) is 0 Å². The van der Waals surface area contributed by atoms with E-state index in [1.54, 1.807) is 0 Å². The fraction of sp³-hybridized carbons (Fsp3) is 0.348. The number of fused-ring (bicyclic) bond motifs is 1. The molecule has 5 nitrogen and oxygen atoms in total. The van der Waals surface area contributed by atoms with Crippen LogP contribution in [0.2, 0.25) is 0 Å². The van der Waals surface area contributed by atoms with Gasteiger partial charge in [0.2, 0.25) is 0 Å². The molecule has 146 valence electrons. The van der Waals surface area contributed by atoms with Crippen LogP contribution in [0.1, 0.15) is 25.0 Å². The van der Waals surface area contributed by atoms with Crippen molar-refractivity contribution in [3.05, 3.63) is 59.7 Å². The van der Waals surface area contributed by atoms with Crippen molar-refractivity contribution >= 4 is 6.03 Å². The molecule has 28 heavy (non-hydrogen) atoms. The number of ether oxygens (including phenoxy) is 2. The summed E-state index contributed by atoms with van der Waals surface area (Å²) in [6.45, 7) is 5.23. The highest BCUT2D eigenvalue weighted by atomic mass is 16.5. The topological polar surface area (TPSA) is 59.6 Å². The Morgan fingerprint density at radius 1 is 1.11 bits per heavy atom. The van der Waals surface area contributed by atoms with Gasteiger partial charge in [-0.05, 0) is 31.9 Å². The minimum Gasteiger partial charge on any atom is -0.483 e. The number of urea groups is 1. The molecule has 2 amide bonds. The van der Waals surface area contributed by atoms with E-state index in [0.29, 0.717) is 12.3 Å². The molecule has 0 atom stereocenters. The van der Waals surface area contributed by atoms with Gasteiger partial charge in [-0.15, -0.1) is 0 Å².